The minimum Gasteiger partial charge on any atom is -0.391 e. The maximum absolute atomic E-state index is 10.7. The zero-order valence-electron chi connectivity index (χ0n) is 13.0. The zero-order valence-corrected chi connectivity index (χ0v) is 13.0. The number of aliphatic hydroxyl groups excluding tert-OH is 1. The van der Waals surface area contributed by atoms with Crippen molar-refractivity contribution in [1.29, 1.82) is 0 Å². The molecule has 1 atom stereocenters. The van der Waals surface area contributed by atoms with E-state index in [4.69, 9.17) is 0 Å². The number of hydrogen-bond donors (Lipinski definition) is 1. The molecule has 1 fully saturated rings. The van der Waals surface area contributed by atoms with Gasteiger partial charge in [-0.2, -0.15) is 0 Å². The van der Waals surface area contributed by atoms with E-state index < -0.39 is 0 Å². The number of unbranched alkanes of at least 4 members (excludes halogenated alkanes) is 3. The van der Waals surface area contributed by atoms with Gasteiger partial charge < -0.3 is 10.0 Å². The molecule has 1 rings (SSSR count). The predicted molar refractivity (Wildman–Crippen MR) is 83.4 cm³/mol. The molecule has 1 N–H and O–H groups in total. The summed E-state index contributed by atoms with van der Waals surface area (Å²) < 4.78 is 0. The minimum atomic E-state index is -0.163. The van der Waals surface area contributed by atoms with Crippen LogP contribution in [0.3, 0.4) is 0 Å². The van der Waals surface area contributed by atoms with Gasteiger partial charge in [-0.05, 0) is 46.2 Å². The van der Waals surface area contributed by atoms with E-state index in [-0.39, 0.29) is 11.6 Å². The molecule has 1 saturated carbocycles. The SMILES string of the molecule is C=CCCCCCC(O)C1(N(C)C)CCCCCC1. The lowest BCUT2D eigenvalue weighted by Gasteiger charge is -2.43. The largest absolute Gasteiger partial charge is 0.391 e. The van der Waals surface area contributed by atoms with Gasteiger partial charge in [0.05, 0.1) is 6.10 Å². The van der Waals surface area contributed by atoms with Gasteiger partial charge in [0, 0.05) is 5.54 Å². The normalized spacial score (nSPS) is 21.1. The van der Waals surface area contributed by atoms with Gasteiger partial charge in [0.25, 0.3) is 0 Å². The molecular weight excluding hydrogens is 234 g/mol. The number of aliphatic hydroxyl groups is 1. The Morgan fingerprint density at radius 2 is 1.74 bits per heavy atom. The Hall–Kier alpha value is -0.340. The van der Waals surface area contributed by atoms with Crippen molar-refractivity contribution in [2.45, 2.75) is 82.3 Å². The molecule has 0 bridgehead atoms. The van der Waals surface area contributed by atoms with Crippen molar-refractivity contribution >= 4 is 0 Å². The fourth-order valence-electron chi connectivity index (χ4n) is 3.49. The highest BCUT2D eigenvalue weighted by Gasteiger charge is 2.39. The van der Waals surface area contributed by atoms with Crippen LogP contribution >= 0.6 is 0 Å². The summed E-state index contributed by atoms with van der Waals surface area (Å²) in [7, 11) is 4.29. The second-order valence-corrected chi connectivity index (χ2v) is 6.35. The lowest BCUT2D eigenvalue weighted by atomic mass is 9.81. The number of rotatable bonds is 8. The molecule has 2 heteroatoms. The van der Waals surface area contributed by atoms with Gasteiger partial charge >= 0.3 is 0 Å². The van der Waals surface area contributed by atoms with Crippen LogP contribution < -0.4 is 0 Å². The summed E-state index contributed by atoms with van der Waals surface area (Å²) in [6.45, 7) is 3.76. The molecule has 1 unspecified atom stereocenters. The van der Waals surface area contributed by atoms with Gasteiger partial charge in [0.2, 0.25) is 0 Å². The third kappa shape index (κ3) is 4.92. The van der Waals surface area contributed by atoms with Crippen molar-refractivity contribution < 1.29 is 5.11 Å². The maximum Gasteiger partial charge on any atom is 0.0723 e. The highest BCUT2D eigenvalue weighted by molar-refractivity contribution is 4.95. The van der Waals surface area contributed by atoms with Crippen molar-refractivity contribution in [3.63, 3.8) is 0 Å². The monoisotopic (exact) mass is 267 g/mol. The average Bonchev–Trinajstić information content (AvgIpc) is 2.64. The van der Waals surface area contributed by atoms with Crippen LogP contribution in [0.4, 0.5) is 0 Å². The molecule has 0 radical (unpaired) electrons. The van der Waals surface area contributed by atoms with Crippen LogP contribution in [0.15, 0.2) is 12.7 Å². The third-order valence-corrected chi connectivity index (χ3v) is 4.87. The Balaban J connectivity index is 2.47. The molecule has 1 aliphatic carbocycles. The first-order chi connectivity index (χ1) is 9.13. The molecule has 0 aromatic rings. The lowest BCUT2D eigenvalue weighted by molar-refractivity contribution is -0.0235. The highest BCUT2D eigenvalue weighted by Crippen LogP contribution is 2.35. The van der Waals surface area contributed by atoms with Gasteiger partial charge in [-0.3, -0.25) is 0 Å². The second kappa shape index (κ2) is 8.76. The Labute approximate surface area is 119 Å². The summed E-state index contributed by atoms with van der Waals surface area (Å²) in [5, 5.41) is 10.7. The summed E-state index contributed by atoms with van der Waals surface area (Å²) in [5.74, 6) is 0. The Morgan fingerprint density at radius 3 is 2.26 bits per heavy atom. The van der Waals surface area contributed by atoms with E-state index >= 15 is 0 Å². The number of nitrogens with zero attached hydrogens (tertiary/aromatic N) is 1. The maximum atomic E-state index is 10.7. The molecule has 0 saturated heterocycles. The van der Waals surface area contributed by atoms with E-state index in [1.165, 1.54) is 38.5 Å². The summed E-state index contributed by atoms with van der Waals surface area (Å²) in [6, 6.07) is 0. The van der Waals surface area contributed by atoms with E-state index in [1.807, 2.05) is 6.08 Å². The summed E-state index contributed by atoms with van der Waals surface area (Å²) in [5.41, 5.74) is 0.0366. The Kier molecular flexibility index (Phi) is 7.70. The molecular formula is C17H33NO. The molecule has 2 nitrogen and oxygen atoms in total. The van der Waals surface area contributed by atoms with E-state index in [1.54, 1.807) is 0 Å². The standard InChI is InChI=1S/C17H33NO/c1-4-5-6-7-10-13-16(19)17(18(2)3)14-11-8-9-12-15-17/h4,16,19H,1,5-15H2,2-3H3. The smallest absolute Gasteiger partial charge is 0.0723 e. The van der Waals surface area contributed by atoms with Gasteiger partial charge in [0.1, 0.15) is 0 Å². The topological polar surface area (TPSA) is 23.5 Å². The predicted octanol–water partition coefficient (Wildman–Crippen LogP) is 4.14. The van der Waals surface area contributed by atoms with Crippen molar-refractivity contribution in [2.24, 2.45) is 0 Å². The Bertz CT molecular complexity index is 242. The van der Waals surface area contributed by atoms with Crippen molar-refractivity contribution in [2.75, 3.05) is 14.1 Å². The fraction of sp³-hybridized carbons (Fsp3) is 0.882. The molecule has 0 aromatic carbocycles. The van der Waals surface area contributed by atoms with Crippen molar-refractivity contribution in [3.05, 3.63) is 12.7 Å². The van der Waals surface area contributed by atoms with Crippen LogP contribution in [0.5, 0.6) is 0 Å². The molecule has 0 heterocycles. The fourth-order valence-corrected chi connectivity index (χ4v) is 3.49. The average molecular weight is 267 g/mol. The van der Waals surface area contributed by atoms with E-state index in [9.17, 15) is 5.11 Å². The zero-order chi connectivity index (χ0) is 14.1. The molecule has 0 amide bonds. The molecule has 112 valence electrons. The van der Waals surface area contributed by atoms with Crippen LogP contribution in [0.1, 0.15) is 70.6 Å². The first-order valence-electron chi connectivity index (χ1n) is 8.10. The first kappa shape index (κ1) is 16.7. The third-order valence-electron chi connectivity index (χ3n) is 4.87. The summed E-state index contributed by atoms with van der Waals surface area (Å²) in [4.78, 5) is 2.30. The molecule has 19 heavy (non-hydrogen) atoms. The molecule has 0 aliphatic heterocycles. The second-order valence-electron chi connectivity index (χ2n) is 6.35. The number of allylic oxidation sites excluding steroid dienone is 1. The molecule has 0 spiro atoms. The first-order valence-corrected chi connectivity index (χ1v) is 8.10. The quantitative estimate of drug-likeness (QED) is 0.406. The number of likely N-dealkylation sites (N-methyl/N-ethyl adjacent to an activating group) is 1. The molecule has 0 aromatic heterocycles. The van der Waals surface area contributed by atoms with Crippen LogP contribution in [0.2, 0.25) is 0 Å². The Morgan fingerprint density at radius 1 is 1.11 bits per heavy atom. The van der Waals surface area contributed by atoms with Crippen LogP contribution in [0.25, 0.3) is 0 Å². The van der Waals surface area contributed by atoms with Crippen LogP contribution in [-0.2, 0) is 0 Å². The van der Waals surface area contributed by atoms with Crippen LogP contribution in [-0.4, -0.2) is 35.7 Å². The highest BCUT2D eigenvalue weighted by atomic mass is 16.3. The lowest BCUT2D eigenvalue weighted by Crippen LogP contribution is -2.53. The minimum absolute atomic E-state index is 0.0366. The van der Waals surface area contributed by atoms with Gasteiger partial charge in [-0.25, -0.2) is 0 Å². The molecule has 1 aliphatic rings. The van der Waals surface area contributed by atoms with Gasteiger partial charge in [-0.15, -0.1) is 6.58 Å². The van der Waals surface area contributed by atoms with Gasteiger partial charge in [-0.1, -0.05) is 44.6 Å². The van der Waals surface area contributed by atoms with E-state index in [2.05, 4.69) is 25.6 Å². The summed E-state index contributed by atoms with van der Waals surface area (Å²) >= 11 is 0. The number of hydrogen-bond acceptors (Lipinski definition) is 2. The van der Waals surface area contributed by atoms with E-state index in [0.717, 1.165) is 32.1 Å². The van der Waals surface area contributed by atoms with Crippen molar-refractivity contribution in [1.82, 2.24) is 4.90 Å². The van der Waals surface area contributed by atoms with Crippen molar-refractivity contribution in [3.8, 4) is 0 Å². The van der Waals surface area contributed by atoms with E-state index in [0.29, 0.717) is 0 Å². The van der Waals surface area contributed by atoms with Crippen LogP contribution in [0, 0.1) is 0 Å². The van der Waals surface area contributed by atoms with Gasteiger partial charge in [0.15, 0.2) is 0 Å². The summed E-state index contributed by atoms with van der Waals surface area (Å²) in [6.07, 6.45) is 15.0.